The highest BCUT2D eigenvalue weighted by Gasteiger charge is 2.32. The molecule has 2 heterocycles. The van der Waals surface area contributed by atoms with Gasteiger partial charge in [0.05, 0.1) is 0 Å². The molecule has 1 saturated heterocycles. The average molecular weight is 255 g/mol. The molecule has 6 heteroatoms. The zero-order chi connectivity index (χ0) is 12.3. The standard InChI is InChI=1S/C11H17N3O2S/c1-12-7-10-4-6-14(9-10)17(15,16)11-3-2-5-13-8-11/h2-3,5,8,10,12H,4,6-7,9H2,1H3. The molecular weight excluding hydrogens is 238 g/mol. The van der Waals surface area contributed by atoms with E-state index >= 15 is 0 Å². The number of sulfonamides is 1. The van der Waals surface area contributed by atoms with Crippen molar-refractivity contribution in [2.24, 2.45) is 5.92 Å². The smallest absolute Gasteiger partial charge is 0.244 e. The van der Waals surface area contributed by atoms with Crippen LogP contribution in [-0.2, 0) is 10.0 Å². The zero-order valence-corrected chi connectivity index (χ0v) is 10.7. The van der Waals surface area contributed by atoms with Crippen LogP contribution in [0.2, 0.25) is 0 Å². The van der Waals surface area contributed by atoms with Gasteiger partial charge in [0.2, 0.25) is 10.0 Å². The Labute approximate surface area is 102 Å². The second-order valence-corrected chi connectivity index (χ2v) is 6.20. The monoisotopic (exact) mass is 255 g/mol. The summed E-state index contributed by atoms with van der Waals surface area (Å²) in [5.74, 6) is 0.409. The van der Waals surface area contributed by atoms with Gasteiger partial charge in [-0.3, -0.25) is 4.98 Å². The Kier molecular flexibility index (Phi) is 3.76. The van der Waals surface area contributed by atoms with Crippen molar-refractivity contribution in [1.82, 2.24) is 14.6 Å². The SMILES string of the molecule is CNCC1CCN(S(=O)(=O)c2cccnc2)C1. The Morgan fingerprint density at radius 1 is 1.59 bits per heavy atom. The largest absolute Gasteiger partial charge is 0.319 e. The van der Waals surface area contributed by atoms with Crippen LogP contribution in [0.3, 0.4) is 0 Å². The van der Waals surface area contributed by atoms with Crippen LogP contribution in [0.4, 0.5) is 0 Å². The van der Waals surface area contributed by atoms with Crippen LogP contribution in [0.15, 0.2) is 29.4 Å². The van der Waals surface area contributed by atoms with Crippen molar-refractivity contribution in [3.05, 3.63) is 24.5 Å². The maximum atomic E-state index is 12.2. The molecule has 1 atom stereocenters. The number of rotatable bonds is 4. The number of hydrogen-bond donors (Lipinski definition) is 1. The molecule has 17 heavy (non-hydrogen) atoms. The first-order chi connectivity index (χ1) is 8.14. The maximum absolute atomic E-state index is 12.2. The maximum Gasteiger partial charge on any atom is 0.244 e. The Morgan fingerprint density at radius 3 is 3.06 bits per heavy atom. The molecule has 5 nitrogen and oxygen atoms in total. The van der Waals surface area contributed by atoms with Crippen LogP contribution < -0.4 is 5.32 Å². The van der Waals surface area contributed by atoms with E-state index in [1.807, 2.05) is 7.05 Å². The summed E-state index contributed by atoms with van der Waals surface area (Å²) in [7, 11) is -1.46. The van der Waals surface area contributed by atoms with Crippen LogP contribution in [0.25, 0.3) is 0 Å². The summed E-state index contributed by atoms with van der Waals surface area (Å²) >= 11 is 0. The third-order valence-electron chi connectivity index (χ3n) is 3.01. The van der Waals surface area contributed by atoms with Crippen molar-refractivity contribution < 1.29 is 8.42 Å². The van der Waals surface area contributed by atoms with Crippen LogP contribution >= 0.6 is 0 Å². The number of nitrogens with zero attached hydrogens (tertiary/aromatic N) is 2. The third-order valence-corrected chi connectivity index (χ3v) is 4.86. The van der Waals surface area contributed by atoms with E-state index in [1.165, 1.54) is 6.20 Å². The normalized spacial score (nSPS) is 21.8. The van der Waals surface area contributed by atoms with E-state index in [-0.39, 0.29) is 4.90 Å². The van der Waals surface area contributed by atoms with Gasteiger partial charge in [0.15, 0.2) is 0 Å². The second-order valence-electron chi connectivity index (χ2n) is 4.26. The highest BCUT2D eigenvalue weighted by molar-refractivity contribution is 7.89. The molecule has 0 saturated carbocycles. The quantitative estimate of drug-likeness (QED) is 0.841. The van der Waals surface area contributed by atoms with Gasteiger partial charge in [-0.05, 0) is 38.1 Å². The topological polar surface area (TPSA) is 62.3 Å². The van der Waals surface area contributed by atoms with E-state index in [1.54, 1.807) is 22.6 Å². The molecule has 2 rings (SSSR count). The Hall–Kier alpha value is -0.980. The predicted octanol–water partition coefficient (Wildman–Crippen LogP) is 0.312. The van der Waals surface area contributed by atoms with Gasteiger partial charge in [0.25, 0.3) is 0 Å². The Morgan fingerprint density at radius 2 is 2.41 bits per heavy atom. The van der Waals surface area contributed by atoms with E-state index in [9.17, 15) is 8.42 Å². The zero-order valence-electron chi connectivity index (χ0n) is 9.83. The van der Waals surface area contributed by atoms with Gasteiger partial charge >= 0.3 is 0 Å². The van der Waals surface area contributed by atoms with Gasteiger partial charge in [0, 0.05) is 25.5 Å². The Bertz CT molecular complexity index is 461. The van der Waals surface area contributed by atoms with Crippen molar-refractivity contribution in [1.29, 1.82) is 0 Å². The highest BCUT2D eigenvalue weighted by Crippen LogP contribution is 2.23. The van der Waals surface area contributed by atoms with Crippen LogP contribution in [0.1, 0.15) is 6.42 Å². The minimum atomic E-state index is -3.35. The van der Waals surface area contributed by atoms with Gasteiger partial charge < -0.3 is 5.32 Å². The lowest BCUT2D eigenvalue weighted by Crippen LogP contribution is -2.30. The predicted molar refractivity (Wildman–Crippen MR) is 65.0 cm³/mol. The molecule has 1 aliphatic rings. The molecule has 0 aliphatic carbocycles. The number of hydrogen-bond acceptors (Lipinski definition) is 4. The lowest BCUT2D eigenvalue weighted by atomic mass is 10.1. The van der Waals surface area contributed by atoms with E-state index in [4.69, 9.17) is 0 Å². The number of aromatic nitrogens is 1. The molecule has 1 aromatic rings. The molecule has 1 fully saturated rings. The fourth-order valence-electron chi connectivity index (χ4n) is 2.12. The minimum absolute atomic E-state index is 0.283. The first-order valence-electron chi connectivity index (χ1n) is 5.69. The third kappa shape index (κ3) is 2.65. The van der Waals surface area contributed by atoms with E-state index < -0.39 is 10.0 Å². The van der Waals surface area contributed by atoms with Gasteiger partial charge in [-0.1, -0.05) is 0 Å². The summed E-state index contributed by atoms with van der Waals surface area (Å²) in [6.07, 6.45) is 3.90. The number of pyridine rings is 1. The molecule has 1 unspecified atom stereocenters. The van der Waals surface area contributed by atoms with E-state index in [0.717, 1.165) is 13.0 Å². The molecule has 0 amide bonds. The van der Waals surface area contributed by atoms with Gasteiger partial charge in [0.1, 0.15) is 4.90 Å². The molecule has 0 spiro atoms. The summed E-state index contributed by atoms with van der Waals surface area (Å²) < 4.78 is 26.0. The van der Waals surface area contributed by atoms with E-state index in [0.29, 0.717) is 19.0 Å². The first-order valence-corrected chi connectivity index (χ1v) is 7.13. The summed E-state index contributed by atoms with van der Waals surface area (Å²) in [5, 5.41) is 3.09. The lowest BCUT2D eigenvalue weighted by Gasteiger charge is -2.16. The van der Waals surface area contributed by atoms with Crippen molar-refractivity contribution in [2.75, 3.05) is 26.7 Å². The fourth-order valence-corrected chi connectivity index (χ4v) is 3.62. The van der Waals surface area contributed by atoms with Crippen LogP contribution in [0, 0.1) is 5.92 Å². The molecule has 1 N–H and O–H groups in total. The lowest BCUT2D eigenvalue weighted by molar-refractivity contribution is 0.451. The van der Waals surface area contributed by atoms with Crippen molar-refractivity contribution in [3.8, 4) is 0 Å². The minimum Gasteiger partial charge on any atom is -0.319 e. The van der Waals surface area contributed by atoms with Gasteiger partial charge in [-0.2, -0.15) is 4.31 Å². The molecule has 0 radical (unpaired) electrons. The van der Waals surface area contributed by atoms with Crippen molar-refractivity contribution >= 4 is 10.0 Å². The molecule has 0 bridgehead atoms. The fraction of sp³-hybridized carbons (Fsp3) is 0.545. The van der Waals surface area contributed by atoms with Gasteiger partial charge in [-0.25, -0.2) is 8.42 Å². The van der Waals surface area contributed by atoms with Crippen LogP contribution in [0.5, 0.6) is 0 Å². The summed E-state index contributed by atoms with van der Waals surface area (Å²) in [4.78, 5) is 4.14. The van der Waals surface area contributed by atoms with Gasteiger partial charge in [-0.15, -0.1) is 0 Å². The van der Waals surface area contributed by atoms with Crippen molar-refractivity contribution in [2.45, 2.75) is 11.3 Å². The molecule has 94 valence electrons. The van der Waals surface area contributed by atoms with Crippen molar-refractivity contribution in [3.63, 3.8) is 0 Å². The van der Waals surface area contributed by atoms with Crippen LogP contribution in [-0.4, -0.2) is 44.4 Å². The molecule has 1 aliphatic heterocycles. The summed E-state index contributed by atoms with van der Waals surface area (Å²) in [6.45, 7) is 2.06. The molecule has 0 aromatic carbocycles. The summed E-state index contributed by atoms with van der Waals surface area (Å²) in [6, 6.07) is 3.24. The van der Waals surface area contributed by atoms with E-state index in [2.05, 4.69) is 10.3 Å². The molecule has 1 aromatic heterocycles. The second kappa shape index (κ2) is 5.12. The first kappa shape index (κ1) is 12.5. The number of nitrogens with one attached hydrogen (secondary N) is 1. The highest BCUT2D eigenvalue weighted by atomic mass is 32.2. The average Bonchev–Trinajstić information content (AvgIpc) is 2.80. The summed E-state index contributed by atoms with van der Waals surface area (Å²) in [5.41, 5.74) is 0. The molecular formula is C11H17N3O2S. The Balaban J connectivity index is 2.13.